The van der Waals surface area contributed by atoms with Crippen LogP contribution in [0.3, 0.4) is 0 Å². The van der Waals surface area contributed by atoms with Gasteiger partial charge in [-0.2, -0.15) is 0 Å². The van der Waals surface area contributed by atoms with Crippen LogP contribution in [-0.2, 0) is 19.3 Å². The summed E-state index contributed by atoms with van der Waals surface area (Å²) >= 11 is 6.64. The van der Waals surface area contributed by atoms with Gasteiger partial charge in [-0.3, -0.25) is 0 Å². The van der Waals surface area contributed by atoms with Crippen LogP contribution in [0.15, 0.2) is 42.5 Å². The minimum atomic E-state index is 0.0484. The Morgan fingerprint density at radius 1 is 0.900 bits per heavy atom. The van der Waals surface area contributed by atoms with Crippen LogP contribution < -0.4 is 0 Å². The summed E-state index contributed by atoms with van der Waals surface area (Å²) in [6.07, 6.45) is 3.06. The highest BCUT2D eigenvalue weighted by Gasteiger charge is 2.12. The lowest BCUT2D eigenvalue weighted by Gasteiger charge is -2.15. The molecule has 0 aliphatic heterocycles. The van der Waals surface area contributed by atoms with E-state index in [4.69, 9.17) is 11.6 Å². The predicted molar refractivity (Wildman–Crippen MR) is 88.7 cm³/mol. The minimum Gasteiger partial charge on any atom is -0.117 e. The van der Waals surface area contributed by atoms with Crippen LogP contribution in [0, 0.1) is 6.92 Å². The third-order valence-corrected chi connectivity index (χ3v) is 4.42. The fourth-order valence-electron chi connectivity index (χ4n) is 2.66. The molecule has 1 unspecified atom stereocenters. The predicted octanol–water partition coefficient (Wildman–Crippen LogP) is 5.64. The molecular weight excluding hydrogens is 264 g/mol. The van der Waals surface area contributed by atoms with Gasteiger partial charge >= 0.3 is 0 Å². The molecule has 0 N–H and O–H groups in total. The first-order chi connectivity index (χ1) is 9.65. The molecule has 0 aliphatic carbocycles. The summed E-state index contributed by atoms with van der Waals surface area (Å²) in [6.45, 7) is 6.57. The summed E-state index contributed by atoms with van der Waals surface area (Å²) in [4.78, 5) is 0. The van der Waals surface area contributed by atoms with Gasteiger partial charge < -0.3 is 0 Å². The van der Waals surface area contributed by atoms with Crippen molar-refractivity contribution in [2.24, 2.45) is 0 Å². The molecule has 0 bridgehead atoms. The van der Waals surface area contributed by atoms with E-state index in [0.29, 0.717) is 0 Å². The average Bonchev–Trinajstić information content (AvgIpc) is 2.48. The summed E-state index contributed by atoms with van der Waals surface area (Å²) in [5.41, 5.74) is 6.77. The molecule has 106 valence electrons. The Labute approximate surface area is 127 Å². The second-order valence-corrected chi connectivity index (χ2v) is 5.86. The van der Waals surface area contributed by atoms with E-state index in [1.165, 1.54) is 27.8 Å². The zero-order valence-electron chi connectivity index (χ0n) is 12.6. The van der Waals surface area contributed by atoms with Crippen molar-refractivity contribution in [2.75, 3.05) is 0 Å². The monoisotopic (exact) mass is 286 g/mol. The summed E-state index contributed by atoms with van der Waals surface area (Å²) in [5.74, 6) is 0. The van der Waals surface area contributed by atoms with E-state index in [1.54, 1.807) is 0 Å². The summed E-state index contributed by atoms with van der Waals surface area (Å²) in [7, 11) is 0. The number of aryl methyl sites for hydroxylation is 3. The van der Waals surface area contributed by atoms with Crippen molar-refractivity contribution in [3.63, 3.8) is 0 Å². The van der Waals surface area contributed by atoms with Gasteiger partial charge in [0.05, 0.1) is 5.38 Å². The molecule has 0 aliphatic rings. The van der Waals surface area contributed by atoms with Crippen molar-refractivity contribution in [2.45, 2.75) is 45.4 Å². The maximum absolute atomic E-state index is 6.64. The van der Waals surface area contributed by atoms with Crippen molar-refractivity contribution in [3.8, 4) is 0 Å². The molecule has 0 heterocycles. The second kappa shape index (κ2) is 6.95. The van der Waals surface area contributed by atoms with Crippen LogP contribution in [0.5, 0.6) is 0 Å². The normalized spacial score (nSPS) is 12.4. The van der Waals surface area contributed by atoms with Crippen molar-refractivity contribution >= 4 is 11.6 Å². The molecule has 0 aromatic heterocycles. The van der Waals surface area contributed by atoms with Gasteiger partial charge in [0.25, 0.3) is 0 Å². The lowest BCUT2D eigenvalue weighted by Crippen LogP contribution is -2.00. The summed E-state index contributed by atoms with van der Waals surface area (Å²) in [5, 5.41) is 0.0484. The highest BCUT2D eigenvalue weighted by Crippen LogP contribution is 2.28. The van der Waals surface area contributed by atoms with Gasteiger partial charge in [-0.05, 0) is 54.0 Å². The molecule has 2 rings (SSSR count). The maximum atomic E-state index is 6.64. The zero-order valence-corrected chi connectivity index (χ0v) is 13.4. The largest absolute Gasteiger partial charge is 0.117 e. The Bertz CT molecular complexity index is 572. The van der Waals surface area contributed by atoms with Crippen LogP contribution in [-0.4, -0.2) is 0 Å². The Morgan fingerprint density at radius 2 is 1.60 bits per heavy atom. The van der Waals surface area contributed by atoms with Gasteiger partial charge in [-0.1, -0.05) is 56.3 Å². The van der Waals surface area contributed by atoms with Crippen molar-refractivity contribution in [1.82, 2.24) is 0 Å². The van der Waals surface area contributed by atoms with E-state index in [2.05, 4.69) is 63.2 Å². The Hall–Kier alpha value is -1.27. The highest BCUT2D eigenvalue weighted by molar-refractivity contribution is 6.20. The van der Waals surface area contributed by atoms with E-state index in [0.717, 1.165) is 19.3 Å². The molecule has 20 heavy (non-hydrogen) atoms. The molecular formula is C19H23Cl. The second-order valence-electron chi connectivity index (χ2n) is 5.33. The smallest absolute Gasteiger partial charge is 0.0625 e. The lowest BCUT2D eigenvalue weighted by molar-refractivity contribution is 0.901. The van der Waals surface area contributed by atoms with Crippen molar-refractivity contribution < 1.29 is 0 Å². The number of hydrogen-bond acceptors (Lipinski definition) is 0. The van der Waals surface area contributed by atoms with Gasteiger partial charge in [0.2, 0.25) is 0 Å². The molecule has 0 saturated heterocycles. The third-order valence-electron chi connectivity index (χ3n) is 4.01. The number of alkyl halides is 1. The van der Waals surface area contributed by atoms with Crippen LogP contribution >= 0.6 is 11.6 Å². The fraction of sp³-hybridized carbons (Fsp3) is 0.368. The molecule has 2 aromatic carbocycles. The van der Waals surface area contributed by atoms with Gasteiger partial charge in [0.1, 0.15) is 0 Å². The van der Waals surface area contributed by atoms with E-state index < -0.39 is 0 Å². The maximum Gasteiger partial charge on any atom is 0.0625 e. The molecule has 2 aromatic rings. The first-order valence-electron chi connectivity index (χ1n) is 7.46. The fourth-order valence-corrected chi connectivity index (χ4v) is 2.97. The minimum absolute atomic E-state index is 0.0484. The van der Waals surface area contributed by atoms with Crippen LogP contribution in [0.4, 0.5) is 0 Å². The van der Waals surface area contributed by atoms with E-state index in [1.807, 2.05) is 0 Å². The van der Waals surface area contributed by atoms with Gasteiger partial charge in [-0.15, -0.1) is 11.6 Å². The van der Waals surface area contributed by atoms with Crippen molar-refractivity contribution in [1.29, 1.82) is 0 Å². The number of hydrogen-bond donors (Lipinski definition) is 0. The topological polar surface area (TPSA) is 0 Å². The molecule has 1 atom stereocenters. The van der Waals surface area contributed by atoms with Crippen LogP contribution in [0.1, 0.15) is 47.0 Å². The highest BCUT2D eigenvalue weighted by atomic mass is 35.5. The molecule has 0 radical (unpaired) electrons. The van der Waals surface area contributed by atoms with Crippen LogP contribution in [0.2, 0.25) is 0 Å². The average molecular weight is 287 g/mol. The zero-order chi connectivity index (χ0) is 14.5. The molecule has 0 saturated carbocycles. The SMILES string of the molecule is CCc1ccc(C(Cl)Cc2ccccc2C)cc1CC. The molecule has 0 fully saturated rings. The summed E-state index contributed by atoms with van der Waals surface area (Å²) in [6, 6.07) is 15.2. The lowest BCUT2D eigenvalue weighted by atomic mass is 9.95. The molecule has 0 spiro atoms. The summed E-state index contributed by atoms with van der Waals surface area (Å²) < 4.78 is 0. The standard InChI is InChI=1S/C19H23Cl/c1-4-15-10-11-18(12-16(15)5-2)19(20)13-17-9-7-6-8-14(17)3/h6-12,19H,4-5,13H2,1-3H3. The van der Waals surface area contributed by atoms with Crippen molar-refractivity contribution in [3.05, 3.63) is 70.3 Å². The molecule has 0 nitrogen and oxygen atoms in total. The Balaban J connectivity index is 2.21. The first kappa shape index (κ1) is 15.1. The van der Waals surface area contributed by atoms with Crippen LogP contribution in [0.25, 0.3) is 0 Å². The van der Waals surface area contributed by atoms with E-state index in [9.17, 15) is 0 Å². The molecule has 0 amide bonds. The van der Waals surface area contributed by atoms with Gasteiger partial charge in [0.15, 0.2) is 0 Å². The van der Waals surface area contributed by atoms with E-state index >= 15 is 0 Å². The van der Waals surface area contributed by atoms with Gasteiger partial charge in [-0.25, -0.2) is 0 Å². The Kier molecular flexibility index (Phi) is 5.25. The number of rotatable bonds is 5. The quantitative estimate of drug-likeness (QED) is 0.624. The number of benzene rings is 2. The third kappa shape index (κ3) is 3.43. The Morgan fingerprint density at radius 3 is 2.25 bits per heavy atom. The van der Waals surface area contributed by atoms with E-state index in [-0.39, 0.29) is 5.38 Å². The van der Waals surface area contributed by atoms with Gasteiger partial charge in [0, 0.05) is 0 Å². The number of halogens is 1. The first-order valence-corrected chi connectivity index (χ1v) is 7.89. The molecule has 1 heteroatoms.